The highest BCUT2D eigenvalue weighted by atomic mass is 19.1. The molecular weight excluding hydrogens is 988 g/mol. The van der Waals surface area contributed by atoms with Crippen molar-refractivity contribution in [3.63, 3.8) is 0 Å². The highest BCUT2D eigenvalue weighted by Crippen LogP contribution is 2.29. The number of hydrogen-bond donors (Lipinski definition) is 8. The van der Waals surface area contributed by atoms with Crippen LogP contribution in [0.25, 0.3) is 0 Å². The molecule has 2 aliphatic rings. The van der Waals surface area contributed by atoms with Crippen molar-refractivity contribution in [3.8, 4) is 0 Å². The predicted octanol–water partition coefficient (Wildman–Crippen LogP) is 4.97. The molecule has 0 spiro atoms. The third kappa shape index (κ3) is 27.0. The standard InChI is InChI=1S/C49H79FN10O9.2C4H10/c1-30(2)25-36(41(64)57-49(8,9)46(69)58-48(6,7)44(67)51-23-24-59(10)11)54-38(61)27-53-45(68)47(4,5)56-39(62)28-52-40(63)35(22-17-32-15-13-12-14-16-32)55-42(65)37-26-31(3)29-60(37)43(66)33-18-20-34(50)21-19-33;2*1-4(2)3/h18-21,30-32,35-37H,12-17,22-29H2,1-11H3,(H,51,67)(H,52,63)(H,53,68)(H,54,61)(H,55,65)(H,56,62)(H,57,64)(H,58,69);2*4H,1-3H3/t31?,35-,36-,37?;;/m0../s1. The number of rotatable bonds is 24. The minimum absolute atomic E-state index is 0.00904. The first-order valence-electron chi connectivity index (χ1n) is 27.7. The van der Waals surface area contributed by atoms with Gasteiger partial charge in [0.15, 0.2) is 0 Å². The highest BCUT2D eigenvalue weighted by Gasteiger charge is 2.41. The molecule has 1 aliphatic carbocycles. The quantitative estimate of drug-likeness (QED) is 0.0690. The molecule has 3 rings (SSSR count). The van der Waals surface area contributed by atoms with E-state index in [4.69, 9.17) is 0 Å². The van der Waals surface area contributed by atoms with Gasteiger partial charge < -0.3 is 52.3 Å². The maximum atomic E-state index is 13.8. The van der Waals surface area contributed by atoms with Gasteiger partial charge in [-0.15, -0.1) is 0 Å². The number of hydrogen-bond acceptors (Lipinski definition) is 10. The second kappa shape index (κ2) is 32.9. The largest absolute Gasteiger partial charge is 0.353 e. The molecule has 2 fully saturated rings. The number of halogens is 1. The van der Waals surface area contributed by atoms with Crippen molar-refractivity contribution in [2.75, 3.05) is 46.8 Å². The molecule has 1 saturated heterocycles. The van der Waals surface area contributed by atoms with Crippen LogP contribution in [0.4, 0.5) is 4.39 Å². The number of likely N-dealkylation sites (tertiary alicyclic amines) is 1. The second-order valence-corrected chi connectivity index (χ2v) is 24.5. The molecule has 0 bridgehead atoms. The van der Waals surface area contributed by atoms with E-state index in [-0.39, 0.29) is 23.8 Å². The predicted molar refractivity (Wildman–Crippen MR) is 299 cm³/mol. The summed E-state index contributed by atoms with van der Waals surface area (Å²) in [7, 11) is 3.73. The summed E-state index contributed by atoms with van der Waals surface area (Å²) < 4.78 is 13.6. The zero-order chi connectivity index (χ0) is 59.0. The lowest BCUT2D eigenvalue weighted by Crippen LogP contribution is -2.64. The molecule has 4 atom stereocenters. The molecule has 20 heteroatoms. The molecule has 1 heterocycles. The van der Waals surface area contributed by atoms with E-state index in [0.29, 0.717) is 44.8 Å². The Morgan fingerprint density at radius 1 is 0.649 bits per heavy atom. The molecule has 77 heavy (non-hydrogen) atoms. The summed E-state index contributed by atoms with van der Waals surface area (Å²) in [6.45, 7) is 27.6. The van der Waals surface area contributed by atoms with E-state index in [0.717, 1.165) is 43.9 Å². The lowest BCUT2D eigenvalue weighted by Gasteiger charge is -2.33. The maximum Gasteiger partial charge on any atom is 0.254 e. The van der Waals surface area contributed by atoms with Crippen molar-refractivity contribution in [1.82, 2.24) is 52.3 Å². The maximum absolute atomic E-state index is 13.8. The normalized spacial score (nSPS) is 16.7. The van der Waals surface area contributed by atoms with Gasteiger partial charge in [0.05, 0.1) is 13.1 Å². The van der Waals surface area contributed by atoms with Gasteiger partial charge in [-0.05, 0) is 135 Å². The third-order valence-corrected chi connectivity index (χ3v) is 12.4. The number of benzene rings is 1. The van der Waals surface area contributed by atoms with Crippen molar-refractivity contribution in [2.24, 2.45) is 29.6 Å². The summed E-state index contributed by atoms with van der Waals surface area (Å²) in [4.78, 5) is 124. The summed E-state index contributed by atoms with van der Waals surface area (Å²) in [6, 6.07) is 2.11. The molecule has 2 unspecified atom stereocenters. The van der Waals surface area contributed by atoms with Crippen LogP contribution in [0.15, 0.2) is 24.3 Å². The molecule has 0 aromatic heterocycles. The van der Waals surface area contributed by atoms with E-state index in [9.17, 15) is 47.5 Å². The lowest BCUT2D eigenvalue weighted by molar-refractivity contribution is -0.138. The Hall–Kier alpha value is -5.66. The van der Waals surface area contributed by atoms with E-state index in [2.05, 4.69) is 84.1 Å². The van der Waals surface area contributed by atoms with E-state index >= 15 is 0 Å². The van der Waals surface area contributed by atoms with Crippen LogP contribution in [0, 0.1) is 35.4 Å². The Kier molecular flexibility index (Phi) is 29.7. The smallest absolute Gasteiger partial charge is 0.254 e. The minimum Gasteiger partial charge on any atom is -0.353 e. The van der Waals surface area contributed by atoms with Gasteiger partial charge in [0.25, 0.3) is 5.91 Å². The van der Waals surface area contributed by atoms with Gasteiger partial charge in [-0.25, -0.2) is 4.39 Å². The van der Waals surface area contributed by atoms with Gasteiger partial charge in [0.2, 0.25) is 47.3 Å². The Morgan fingerprint density at radius 3 is 1.71 bits per heavy atom. The van der Waals surface area contributed by atoms with Gasteiger partial charge in [0, 0.05) is 25.2 Å². The van der Waals surface area contributed by atoms with Crippen molar-refractivity contribution in [3.05, 3.63) is 35.6 Å². The van der Waals surface area contributed by atoms with E-state index in [1.807, 2.05) is 39.8 Å². The first-order valence-corrected chi connectivity index (χ1v) is 27.7. The lowest BCUT2D eigenvalue weighted by atomic mass is 9.85. The van der Waals surface area contributed by atoms with Gasteiger partial charge in [-0.2, -0.15) is 0 Å². The molecule has 9 amide bonds. The van der Waals surface area contributed by atoms with Crippen molar-refractivity contribution in [1.29, 1.82) is 0 Å². The zero-order valence-electron chi connectivity index (χ0n) is 49.8. The average molecular weight is 1090 g/mol. The average Bonchev–Trinajstić information content (AvgIpc) is 3.71. The van der Waals surface area contributed by atoms with Crippen molar-refractivity contribution >= 4 is 53.2 Å². The van der Waals surface area contributed by atoms with Gasteiger partial charge in [-0.1, -0.05) is 94.4 Å². The second-order valence-electron chi connectivity index (χ2n) is 24.5. The Bertz CT molecular complexity index is 2080. The fourth-order valence-electron chi connectivity index (χ4n) is 8.32. The highest BCUT2D eigenvalue weighted by molar-refractivity contribution is 6.00. The molecule has 1 aromatic rings. The SMILES string of the molecule is CC(C)C.CC(C)C.CC(C)C[C@H](NC(=O)CNC(=O)C(C)(C)NC(=O)CNC(=O)[C@H](CCC1CCCCC1)NC(=O)C1CC(C)CN1C(=O)c1ccc(F)cc1)C(=O)NC(C)(C)C(=O)NC(C)(C)C(=O)NCCN(C)C. The van der Waals surface area contributed by atoms with E-state index in [1.165, 1.54) is 56.9 Å². The monoisotopic (exact) mass is 1090 g/mol. The zero-order valence-corrected chi connectivity index (χ0v) is 49.8. The summed E-state index contributed by atoms with van der Waals surface area (Å²) in [6.07, 6.45) is 6.86. The number of likely N-dealkylation sites (N-methyl/N-ethyl adjacent to an activating group) is 1. The summed E-state index contributed by atoms with van der Waals surface area (Å²) in [5.41, 5.74) is -4.13. The van der Waals surface area contributed by atoms with Crippen LogP contribution in [0.2, 0.25) is 0 Å². The molecule has 0 radical (unpaired) electrons. The molecular formula is C57H99FN10O9. The number of amides is 9. The molecule has 1 aliphatic heterocycles. The Morgan fingerprint density at radius 2 is 1.17 bits per heavy atom. The number of nitrogens with one attached hydrogen (secondary N) is 8. The van der Waals surface area contributed by atoms with Crippen LogP contribution in [0.3, 0.4) is 0 Å². The molecule has 19 nitrogen and oxygen atoms in total. The van der Waals surface area contributed by atoms with Crippen LogP contribution in [-0.4, -0.2) is 145 Å². The molecule has 1 saturated carbocycles. The van der Waals surface area contributed by atoms with Crippen molar-refractivity contribution in [2.45, 2.75) is 196 Å². The fourth-order valence-corrected chi connectivity index (χ4v) is 8.32. The Labute approximate surface area is 460 Å². The molecule has 8 N–H and O–H groups in total. The topological polar surface area (TPSA) is 256 Å². The van der Waals surface area contributed by atoms with Crippen LogP contribution in [0.5, 0.6) is 0 Å². The van der Waals surface area contributed by atoms with E-state index < -0.39 is 107 Å². The summed E-state index contributed by atoms with van der Waals surface area (Å²) >= 11 is 0. The number of nitrogens with zero attached hydrogens (tertiary/aromatic N) is 2. The minimum atomic E-state index is -1.57. The van der Waals surface area contributed by atoms with Gasteiger partial charge >= 0.3 is 0 Å². The van der Waals surface area contributed by atoms with Crippen LogP contribution in [-0.2, 0) is 38.4 Å². The van der Waals surface area contributed by atoms with E-state index in [1.54, 1.807) is 13.8 Å². The molecule has 438 valence electrons. The summed E-state index contributed by atoms with van der Waals surface area (Å²) in [5, 5.41) is 21.2. The first-order chi connectivity index (χ1) is 35.6. The van der Waals surface area contributed by atoms with Gasteiger partial charge in [0.1, 0.15) is 40.6 Å². The third-order valence-electron chi connectivity index (χ3n) is 12.4. The van der Waals surface area contributed by atoms with Crippen molar-refractivity contribution < 1.29 is 47.5 Å². The van der Waals surface area contributed by atoms with Crippen LogP contribution >= 0.6 is 0 Å². The van der Waals surface area contributed by atoms with Crippen LogP contribution in [0.1, 0.15) is 172 Å². The Balaban J connectivity index is 0.00000345. The number of carbonyl (C=O) groups excluding carboxylic acids is 9. The first kappa shape index (κ1) is 69.4. The number of carbonyl (C=O) groups is 9. The van der Waals surface area contributed by atoms with Crippen LogP contribution < -0.4 is 42.5 Å². The fraction of sp³-hybridized carbons (Fsp3) is 0.737. The summed E-state index contributed by atoms with van der Waals surface area (Å²) in [5.74, 6) is -3.94. The van der Waals surface area contributed by atoms with Gasteiger partial charge in [-0.3, -0.25) is 43.2 Å². The molecule has 1 aromatic carbocycles.